The maximum absolute atomic E-state index is 13.1. The molecule has 0 saturated heterocycles. The second-order valence-electron chi connectivity index (χ2n) is 4.77. The molecular formula is C15H24NO7P. The Kier molecular flexibility index (Phi) is 7.99. The SMILES string of the molecule is CCOP(=O)(OCC)C(CCc1cccc(C(=O)O)n1)(OC)OC. The van der Waals surface area contributed by atoms with E-state index in [-0.39, 0.29) is 31.7 Å². The Morgan fingerprint density at radius 3 is 2.25 bits per heavy atom. The highest BCUT2D eigenvalue weighted by molar-refractivity contribution is 7.55. The number of hydrogen-bond acceptors (Lipinski definition) is 7. The quantitative estimate of drug-likeness (QED) is 0.474. The monoisotopic (exact) mass is 361 g/mol. The summed E-state index contributed by atoms with van der Waals surface area (Å²) < 4.78 is 34.5. The van der Waals surface area contributed by atoms with Gasteiger partial charge in [-0.3, -0.25) is 4.57 Å². The van der Waals surface area contributed by atoms with Gasteiger partial charge in [-0.2, -0.15) is 0 Å². The zero-order valence-electron chi connectivity index (χ0n) is 14.4. The van der Waals surface area contributed by atoms with E-state index in [1.165, 1.54) is 20.3 Å². The van der Waals surface area contributed by atoms with E-state index in [1.807, 2.05) is 0 Å². The summed E-state index contributed by atoms with van der Waals surface area (Å²) in [5.74, 6) is -1.11. The third-order valence-electron chi connectivity index (χ3n) is 3.38. The average molecular weight is 361 g/mol. The van der Waals surface area contributed by atoms with E-state index in [9.17, 15) is 9.36 Å². The number of rotatable bonds is 11. The number of carboxylic acid groups (broad SMARTS) is 1. The first-order valence-corrected chi connectivity index (χ1v) is 9.11. The highest BCUT2D eigenvalue weighted by atomic mass is 31.2. The number of aromatic carboxylic acids is 1. The molecule has 0 saturated carbocycles. The molecule has 9 heteroatoms. The summed E-state index contributed by atoms with van der Waals surface area (Å²) in [6.07, 6.45) is 0.389. The van der Waals surface area contributed by atoms with Gasteiger partial charge in [0, 0.05) is 26.3 Å². The van der Waals surface area contributed by atoms with Crippen molar-refractivity contribution in [2.45, 2.75) is 32.2 Å². The normalized spacial score (nSPS) is 12.3. The van der Waals surface area contributed by atoms with Gasteiger partial charge in [0.05, 0.1) is 13.2 Å². The molecule has 0 amide bonds. The summed E-state index contributed by atoms with van der Waals surface area (Å²) in [5, 5.41) is 9.00. The molecule has 0 aliphatic carbocycles. The van der Waals surface area contributed by atoms with Crippen molar-refractivity contribution >= 4 is 13.6 Å². The third-order valence-corrected chi connectivity index (χ3v) is 6.00. The molecule has 1 heterocycles. The smallest absolute Gasteiger partial charge is 0.389 e. The van der Waals surface area contributed by atoms with Crippen LogP contribution in [0.25, 0.3) is 0 Å². The van der Waals surface area contributed by atoms with Gasteiger partial charge >= 0.3 is 13.6 Å². The van der Waals surface area contributed by atoms with E-state index < -0.39 is 19.1 Å². The number of nitrogens with zero attached hydrogens (tertiary/aromatic N) is 1. The predicted octanol–water partition coefficient (Wildman–Crippen LogP) is 2.93. The van der Waals surface area contributed by atoms with E-state index in [2.05, 4.69) is 4.98 Å². The van der Waals surface area contributed by atoms with Crippen LogP contribution >= 0.6 is 7.60 Å². The van der Waals surface area contributed by atoms with E-state index in [0.29, 0.717) is 5.69 Å². The van der Waals surface area contributed by atoms with Gasteiger partial charge in [0.2, 0.25) is 0 Å². The van der Waals surface area contributed by atoms with Gasteiger partial charge in [0.15, 0.2) is 0 Å². The van der Waals surface area contributed by atoms with Crippen LogP contribution in [0.1, 0.15) is 36.5 Å². The van der Waals surface area contributed by atoms with Crippen molar-refractivity contribution in [3.63, 3.8) is 0 Å². The Hall–Kier alpha value is -1.31. The second kappa shape index (κ2) is 9.25. The fraction of sp³-hybridized carbons (Fsp3) is 0.600. The molecule has 8 nitrogen and oxygen atoms in total. The zero-order chi connectivity index (χ0) is 18.2. The van der Waals surface area contributed by atoms with E-state index >= 15 is 0 Å². The summed E-state index contributed by atoms with van der Waals surface area (Å²) >= 11 is 0. The standard InChI is InChI=1S/C15H24NO7P/c1-5-22-24(19,23-6-2)15(20-3,21-4)11-10-12-8-7-9-13(16-12)14(17)18/h7-9H,5-6,10-11H2,1-4H3,(H,17,18). The van der Waals surface area contributed by atoms with Crippen LogP contribution in [0.4, 0.5) is 0 Å². The minimum absolute atomic E-state index is 0.0641. The van der Waals surface area contributed by atoms with Crippen LogP contribution in [0.15, 0.2) is 18.2 Å². The molecule has 1 N–H and O–H groups in total. The van der Waals surface area contributed by atoms with Crippen LogP contribution < -0.4 is 0 Å². The molecule has 0 atom stereocenters. The zero-order valence-corrected chi connectivity index (χ0v) is 15.2. The summed E-state index contributed by atoms with van der Waals surface area (Å²) in [7, 11) is -1.00. The fourth-order valence-electron chi connectivity index (χ4n) is 2.25. The van der Waals surface area contributed by atoms with Crippen molar-refractivity contribution in [3.8, 4) is 0 Å². The summed E-state index contributed by atoms with van der Waals surface area (Å²) in [4.78, 5) is 15.0. The Morgan fingerprint density at radius 1 is 1.21 bits per heavy atom. The molecule has 0 bridgehead atoms. The first kappa shape index (κ1) is 20.7. The number of methoxy groups -OCH3 is 2. The number of ether oxygens (including phenoxy) is 2. The number of aryl methyl sites for hydroxylation is 1. The Bertz CT molecular complexity index is 579. The van der Waals surface area contributed by atoms with Gasteiger partial charge in [-0.25, -0.2) is 9.78 Å². The van der Waals surface area contributed by atoms with Crippen LogP contribution in [0.3, 0.4) is 0 Å². The number of hydrogen-bond donors (Lipinski definition) is 1. The van der Waals surface area contributed by atoms with Gasteiger partial charge in [-0.15, -0.1) is 0 Å². The topological polar surface area (TPSA) is 104 Å². The van der Waals surface area contributed by atoms with Gasteiger partial charge in [-0.1, -0.05) is 6.07 Å². The molecule has 1 aromatic heterocycles. The minimum atomic E-state index is -3.72. The largest absolute Gasteiger partial charge is 0.477 e. The number of pyridine rings is 1. The lowest BCUT2D eigenvalue weighted by atomic mass is 10.2. The van der Waals surface area contributed by atoms with Crippen LogP contribution in [-0.2, 0) is 29.5 Å². The third kappa shape index (κ3) is 4.62. The molecule has 0 fully saturated rings. The highest BCUT2D eigenvalue weighted by Gasteiger charge is 2.52. The van der Waals surface area contributed by atoms with Crippen molar-refractivity contribution < 1.29 is 33.0 Å². The van der Waals surface area contributed by atoms with Gasteiger partial charge in [0.25, 0.3) is 5.53 Å². The van der Waals surface area contributed by atoms with Gasteiger partial charge in [0.1, 0.15) is 5.69 Å². The molecule has 0 unspecified atom stereocenters. The second-order valence-corrected chi connectivity index (χ2v) is 6.97. The lowest BCUT2D eigenvalue weighted by molar-refractivity contribution is -0.163. The predicted molar refractivity (Wildman–Crippen MR) is 87.1 cm³/mol. The van der Waals surface area contributed by atoms with Crippen molar-refractivity contribution in [2.24, 2.45) is 0 Å². The van der Waals surface area contributed by atoms with E-state index in [0.717, 1.165) is 0 Å². The first-order valence-electron chi connectivity index (χ1n) is 7.56. The maximum Gasteiger partial charge on any atom is 0.389 e. The molecular weight excluding hydrogens is 337 g/mol. The van der Waals surface area contributed by atoms with Gasteiger partial charge < -0.3 is 23.6 Å². The molecule has 0 spiro atoms. The van der Waals surface area contributed by atoms with Crippen molar-refractivity contribution in [2.75, 3.05) is 27.4 Å². The van der Waals surface area contributed by atoms with Crippen LogP contribution in [0.5, 0.6) is 0 Å². The molecule has 136 valence electrons. The van der Waals surface area contributed by atoms with Crippen LogP contribution in [0, 0.1) is 0 Å². The molecule has 0 aromatic carbocycles. The Labute approximate surface area is 141 Å². The van der Waals surface area contributed by atoms with Gasteiger partial charge in [-0.05, 0) is 32.4 Å². The Morgan fingerprint density at radius 2 is 1.79 bits per heavy atom. The molecule has 0 aliphatic rings. The van der Waals surface area contributed by atoms with Crippen molar-refractivity contribution in [1.29, 1.82) is 0 Å². The highest BCUT2D eigenvalue weighted by Crippen LogP contribution is 2.62. The molecule has 24 heavy (non-hydrogen) atoms. The summed E-state index contributed by atoms with van der Waals surface area (Å²) in [6.45, 7) is 3.72. The van der Waals surface area contributed by atoms with Crippen LogP contribution in [-0.4, -0.2) is 49.0 Å². The van der Waals surface area contributed by atoms with Crippen molar-refractivity contribution in [3.05, 3.63) is 29.6 Å². The van der Waals surface area contributed by atoms with Crippen molar-refractivity contribution in [1.82, 2.24) is 4.98 Å². The minimum Gasteiger partial charge on any atom is -0.477 e. The lowest BCUT2D eigenvalue weighted by Gasteiger charge is -2.36. The molecule has 0 aliphatic heterocycles. The fourth-order valence-corrected chi connectivity index (χ4v) is 4.23. The molecule has 1 aromatic rings. The van der Waals surface area contributed by atoms with E-state index in [4.69, 9.17) is 23.6 Å². The number of carbonyl (C=O) groups is 1. The Balaban J connectivity index is 3.05. The lowest BCUT2D eigenvalue weighted by Crippen LogP contribution is -2.36. The number of carboxylic acids is 1. The number of aromatic nitrogens is 1. The summed E-state index contributed by atoms with van der Waals surface area (Å²) in [5.41, 5.74) is -1.15. The first-order chi connectivity index (χ1) is 11.4. The molecule has 0 radical (unpaired) electrons. The van der Waals surface area contributed by atoms with Crippen LogP contribution in [0.2, 0.25) is 0 Å². The summed E-state index contributed by atoms with van der Waals surface area (Å²) in [6, 6.07) is 4.67. The molecule has 1 rings (SSSR count). The van der Waals surface area contributed by atoms with E-state index in [1.54, 1.807) is 26.0 Å². The average Bonchev–Trinajstić information content (AvgIpc) is 2.57. The maximum atomic E-state index is 13.1.